The molecule has 0 unspecified atom stereocenters. The predicted molar refractivity (Wildman–Crippen MR) is 427 cm³/mol. The molecule has 480 valence electrons. The van der Waals surface area contributed by atoms with E-state index in [1.807, 2.05) is 12.1 Å². The predicted octanol–water partition coefficient (Wildman–Crippen LogP) is 27.0. The lowest BCUT2D eigenvalue weighted by Gasteiger charge is -2.26. The maximum Gasteiger partial charge on any atom is 0.143 e. The van der Waals surface area contributed by atoms with Crippen LogP contribution in [-0.2, 0) is 0 Å². The molecule has 0 saturated heterocycles. The van der Waals surface area contributed by atoms with Gasteiger partial charge >= 0.3 is 0 Å². The lowest BCUT2D eigenvalue weighted by molar-refractivity contribution is 0.669. The first-order valence-electron chi connectivity index (χ1n) is 34.7. The summed E-state index contributed by atoms with van der Waals surface area (Å²) in [5, 5.41) is 9.26. The second kappa shape index (κ2) is 25.3. The largest absolute Gasteiger partial charge is 0.455 e. The van der Waals surface area contributed by atoms with Crippen LogP contribution < -0.4 is 9.80 Å². The molecule has 0 aliphatic rings. The van der Waals surface area contributed by atoms with Crippen molar-refractivity contribution in [1.29, 1.82) is 0 Å². The molecule has 0 bridgehead atoms. The molecule has 0 saturated carbocycles. The van der Waals surface area contributed by atoms with Gasteiger partial charge in [-0.3, -0.25) is 0 Å². The Morgan fingerprint density at radius 3 is 0.980 bits per heavy atom. The maximum atomic E-state index is 6.71. The van der Waals surface area contributed by atoms with Gasteiger partial charge in [0.1, 0.15) is 22.3 Å². The van der Waals surface area contributed by atoms with Gasteiger partial charge < -0.3 is 27.8 Å². The Labute approximate surface area is 589 Å². The van der Waals surface area contributed by atoms with Crippen molar-refractivity contribution in [3.63, 3.8) is 0 Å². The first kappa shape index (κ1) is 59.6. The zero-order valence-electron chi connectivity index (χ0n) is 55.6. The molecular formula is C96H64N4O2. The van der Waals surface area contributed by atoms with Gasteiger partial charge in [0, 0.05) is 99.7 Å². The van der Waals surface area contributed by atoms with Crippen LogP contribution >= 0.6 is 0 Å². The lowest BCUT2D eigenvalue weighted by Crippen LogP contribution is -2.10. The van der Waals surface area contributed by atoms with Crippen LogP contribution in [0.15, 0.2) is 397 Å². The molecule has 0 atom stereocenters. The van der Waals surface area contributed by atoms with Crippen LogP contribution in [0.5, 0.6) is 0 Å². The van der Waals surface area contributed by atoms with Gasteiger partial charge in [-0.25, -0.2) is 0 Å². The molecule has 0 aliphatic carbocycles. The molecule has 6 heteroatoms. The average Bonchev–Trinajstić information content (AvgIpc) is 1.56. The van der Waals surface area contributed by atoms with E-state index in [1.165, 1.54) is 60.3 Å². The maximum absolute atomic E-state index is 6.71. The van der Waals surface area contributed by atoms with Gasteiger partial charge in [0.05, 0.1) is 22.1 Å². The van der Waals surface area contributed by atoms with Crippen molar-refractivity contribution < 1.29 is 8.83 Å². The summed E-state index contributed by atoms with van der Waals surface area (Å²) >= 11 is 0. The molecule has 16 aromatic carbocycles. The standard InChI is InChI=1S/2C48H32N2O/c1-4-14-33(15-5-1)34-24-27-38(28-25-34)49(36-16-6-2-7-17-36)39-31-43(48-44(32-39)42-21-11-13-23-47(42)51-48)35-26-29-41-40-20-10-12-22-45(40)50(46(41)30-35)37-18-8-3-9-19-37;1-4-14-33(15-5-1)34-24-27-38(28-25-34)49(36-16-6-2-7-17-36)39-31-42(48-44(32-39)41-21-11-13-23-47(41)51-48)35-26-29-46-43(30-35)40-20-10-12-22-45(40)50(46)37-18-8-3-9-19-37/h2*1-32H. The van der Waals surface area contributed by atoms with Crippen molar-refractivity contribution in [2.75, 3.05) is 9.80 Å². The van der Waals surface area contributed by atoms with Crippen LogP contribution in [0.3, 0.4) is 0 Å². The number of nitrogens with zero attached hydrogens (tertiary/aromatic N) is 4. The highest BCUT2D eigenvalue weighted by molar-refractivity contribution is 6.16. The summed E-state index contributed by atoms with van der Waals surface area (Å²) in [4.78, 5) is 4.69. The Hall–Kier alpha value is -13.7. The fourth-order valence-electron chi connectivity index (χ4n) is 15.2. The second-order valence-electron chi connectivity index (χ2n) is 25.9. The van der Waals surface area contributed by atoms with E-state index in [4.69, 9.17) is 8.83 Å². The van der Waals surface area contributed by atoms with Crippen LogP contribution in [-0.4, -0.2) is 9.13 Å². The van der Waals surface area contributed by atoms with Crippen molar-refractivity contribution in [1.82, 2.24) is 9.13 Å². The highest BCUT2D eigenvalue weighted by Crippen LogP contribution is 2.48. The zero-order chi connectivity index (χ0) is 67.5. The molecule has 0 fully saturated rings. The summed E-state index contributed by atoms with van der Waals surface area (Å²) in [6, 6.07) is 138. The van der Waals surface area contributed by atoms with Crippen LogP contribution in [0.2, 0.25) is 0 Å². The minimum atomic E-state index is 0.879. The van der Waals surface area contributed by atoms with Gasteiger partial charge in [-0.15, -0.1) is 0 Å². The fourth-order valence-corrected chi connectivity index (χ4v) is 15.2. The van der Waals surface area contributed by atoms with Crippen LogP contribution in [0.1, 0.15) is 0 Å². The number of hydrogen-bond acceptors (Lipinski definition) is 4. The van der Waals surface area contributed by atoms with Crippen molar-refractivity contribution in [2.45, 2.75) is 0 Å². The van der Waals surface area contributed by atoms with Crippen LogP contribution in [0.4, 0.5) is 34.1 Å². The van der Waals surface area contributed by atoms with E-state index < -0.39 is 0 Å². The lowest BCUT2D eigenvalue weighted by atomic mass is 9.98. The van der Waals surface area contributed by atoms with E-state index >= 15 is 0 Å². The van der Waals surface area contributed by atoms with E-state index in [0.717, 1.165) is 117 Å². The van der Waals surface area contributed by atoms with Gasteiger partial charge in [-0.1, -0.05) is 249 Å². The monoisotopic (exact) mass is 1300 g/mol. The Kier molecular flexibility index (Phi) is 14.8. The van der Waals surface area contributed by atoms with Gasteiger partial charge in [0.25, 0.3) is 0 Å². The van der Waals surface area contributed by atoms with Crippen LogP contribution in [0.25, 0.3) is 143 Å². The number of furan rings is 2. The van der Waals surface area contributed by atoms with Crippen molar-refractivity contribution >= 4 is 122 Å². The molecule has 0 spiro atoms. The third-order valence-electron chi connectivity index (χ3n) is 19.9. The zero-order valence-corrected chi connectivity index (χ0v) is 55.6. The SMILES string of the molecule is c1ccc(-c2ccc(N(c3ccccc3)c3cc(-c4ccc5c(c4)c4ccccc4n5-c4ccccc4)c4oc5ccccc5c4c3)cc2)cc1.c1ccc(-c2ccc(N(c3ccccc3)c3cc(-c4ccc5c6ccccc6n(-c6ccccc6)c5c4)c4oc5ccccc5c4c3)cc2)cc1. The summed E-state index contributed by atoms with van der Waals surface area (Å²) in [5.41, 5.74) is 26.1. The molecule has 20 rings (SSSR count). The first-order valence-corrected chi connectivity index (χ1v) is 34.7. The van der Waals surface area contributed by atoms with Gasteiger partial charge in [0.2, 0.25) is 0 Å². The van der Waals surface area contributed by atoms with Crippen LogP contribution in [0, 0.1) is 0 Å². The van der Waals surface area contributed by atoms with E-state index in [-0.39, 0.29) is 0 Å². The Morgan fingerprint density at radius 2 is 0.510 bits per heavy atom. The summed E-state index contributed by atoms with van der Waals surface area (Å²) in [6.45, 7) is 0. The smallest absolute Gasteiger partial charge is 0.143 e. The van der Waals surface area contributed by atoms with E-state index in [9.17, 15) is 0 Å². The quantitative estimate of drug-likeness (QED) is 0.122. The van der Waals surface area contributed by atoms with E-state index in [2.05, 4.69) is 395 Å². The van der Waals surface area contributed by atoms with Crippen molar-refractivity contribution in [3.05, 3.63) is 388 Å². The topological polar surface area (TPSA) is 42.6 Å². The fraction of sp³-hybridized carbons (Fsp3) is 0. The number of fused-ring (bicyclic) bond motifs is 12. The second-order valence-corrected chi connectivity index (χ2v) is 25.9. The van der Waals surface area contributed by atoms with E-state index in [0.29, 0.717) is 0 Å². The first-order chi connectivity index (χ1) is 50.6. The summed E-state index contributed by atoms with van der Waals surface area (Å²) in [5.74, 6) is 0. The van der Waals surface area contributed by atoms with Gasteiger partial charge in [-0.05, 0) is 173 Å². The minimum absolute atomic E-state index is 0.879. The van der Waals surface area contributed by atoms with Gasteiger partial charge in [0.15, 0.2) is 0 Å². The molecule has 0 radical (unpaired) electrons. The summed E-state index contributed by atoms with van der Waals surface area (Å²) in [7, 11) is 0. The number of rotatable bonds is 12. The molecule has 102 heavy (non-hydrogen) atoms. The molecule has 0 amide bonds. The molecule has 4 heterocycles. The molecule has 20 aromatic rings. The summed E-state index contributed by atoms with van der Waals surface area (Å²) < 4.78 is 18.1. The third-order valence-corrected chi connectivity index (χ3v) is 19.9. The molecule has 6 nitrogen and oxygen atoms in total. The molecular weight excluding hydrogens is 1240 g/mol. The Morgan fingerprint density at radius 1 is 0.186 bits per heavy atom. The van der Waals surface area contributed by atoms with Crippen molar-refractivity contribution in [3.8, 4) is 55.9 Å². The Bertz CT molecular complexity index is 6460. The number of benzene rings is 16. The number of hydrogen-bond donors (Lipinski definition) is 0. The number of anilines is 6. The van der Waals surface area contributed by atoms with Crippen molar-refractivity contribution in [2.24, 2.45) is 0 Å². The number of aromatic nitrogens is 2. The Balaban J connectivity index is 0.000000141. The molecule has 0 N–H and O–H groups in total. The van der Waals surface area contributed by atoms with Gasteiger partial charge in [-0.2, -0.15) is 0 Å². The summed E-state index contributed by atoms with van der Waals surface area (Å²) in [6.07, 6.45) is 0. The minimum Gasteiger partial charge on any atom is -0.455 e. The molecule has 4 aromatic heterocycles. The van der Waals surface area contributed by atoms with E-state index in [1.54, 1.807) is 0 Å². The molecule has 0 aliphatic heterocycles. The normalized spacial score (nSPS) is 11.5. The average molecular weight is 1310 g/mol. The highest BCUT2D eigenvalue weighted by atomic mass is 16.3. The number of para-hydroxylation sites is 8. The highest BCUT2D eigenvalue weighted by Gasteiger charge is 2.24. The third kappa shape index (κ3) is 10.5.